The van der Waals surface area contributed by atoms with Crippen LogP contribution in [0.4, 0.5) is 0 Å². The Balaban J connectivity index is 1.66. The number of aryl methyl sites for hydroxylation is 1. The second-order valence-electron chi connectivity index (χ2n) is 7.97. The van der Waals surface area contributed by atoms with Gasteiger partial charge in [0.1, 0.15) is 17.6 Å². The largest absolute Gasteiger partial charge is 0.481 e. The van der Waals surface area contributed by atoms with Gasteiger partial charge in [0, 0.05) is 32.0 Å². The molecule has 3 rings (SSSR count). The van der Waals surface area contributed by atoms with Gasteiger partial charge in [0.05, 0.1) is 0 Å². The second kappa shape index (κ2) is 6.18. The van der Waals surface area contributed by atoms with Crippen LogP contribution < -0.4 is 0 Å². The van der Waals surface area contributed by atoms with E-state index in [1.54, 1.807) is 25.7 Å². The SMILES string of the molecule is CC(C)(C)C(C(=O)O)C(=O)N1CCC(c2nnc3n2CCC3)CC1. The quantitative estimate of drug-likeness (QED) is 0.850. The first-order valence-corrected chi connectivity index (χ1v) is 8.72. The van der Waals surface area contributed by atoms with Crippen molar-refractivity contribution in [3.63, 3.8) is 0 Å². The molecule has 2 aliphatic rings. The number of piperidine rings is 1. The van der Waals surface area contributed by atoms with Crippen molar-refractivity contribution in [2.24, 2.45) is 11.3 Å². The predicted molar refractivity (Wildman–Crippen MR) is 87.5 cm³/mol. The Labute approximate surface area is 142 Å². The molecule has 1 amide bonds. The average Bonchev–Trinajstić information content (AvgIpc) is 3.08. The summed E-state index contributed by atoms with van der Waals surface area (Å²) in [6.45, 7) is 7.57. The third-order valence-electron chi connectivity index (χ3n) is 5.17. The first-order valence-electron chi connectivity index (χ1n) is 8.72. The molecule has 0 aliphatic carbocycles. The molecular formula is C17H26N4O3. The van der Waals surface area contributed by atoms with Crippen LogP contribution in [-0.2, 0) is 22.6 Å². The van der Waals surface area contributed by atoms with E-state index in [4.69, 9.17) is 0 Å². The first-order chi connectivity index (χ1) is 11.3. The van der Waals surface area contributed by atoms with Crippen molar-refractivity contribution in [2.75, 3.05) is 13.1 Å². The minimum atomic E-state index is -1.04. The Hall–Kier alpha value is -1.92. The van der Waals surface area contributed by atoms with Crippen molar-refractivity contribution >= 4 is 11.9 Å². The summed E-state index contributed by atoms with van der Waals surface area (Å²) in [4.78, 5) is 25.9. The van der Waals surface area contributed by atoms with E-state index in [0.717, 1.165) is 43.9 Å². The van der Waals surface area contributed by atoms with Crippen molar-refractivity contribution in [2.45, 2.75) is 58.9 Å². The van der Waals surface area contributed by atoms with E-state index in [-0.39, 0.29) is 5.91 Å². The van der Waals surface area contributed by atoms with E-state index in [1.165, 1.54) is 0 Å². The summed E-state index contributed by atoms with van der Waals surface area (Å²) in [7, 11) is 0. The summed E-state index contributed by atoms with van der Waals surface area (Å²) in [5.74, 6) is 0.130. The van der Waals surface area contributed by atoms with Gasteiger partial charge < -0.3 is 14.6 Å². The zero-order valence-electron chi connectivity index (χ0n) is 14.7. The number of hydrogen-bond donors (Lipinski definition) is 1. The highest BCUT2D eigenvalue weighted by Gasteiger charge is 2.41. The van der Waals surface area contributed by atoms with Crippen molar-refractivity contribution in [1.82, 2.24) is 19.7 Å². The van der Waals surface area contributed by atoms with Crippen LogP contribution in [0.5, 0.6) is 0 Å². The standard InChI is InChI=1S/C17H26N4O3/c1-17(2,3)13(16(23)24)15(22)20-9-6-11(7-10-20)14-19-18-12-5-4-8-21(12)14/h11,13H,4-10H2,1-3H3,(H,23,24). The molecule has 0 radical (unpaired) electrons. The lowest BCUT2D eigenvalue weighted by Crippen LogP contribution is -2.47. The molecule has 7 nitrogen and oxygen atoms in total. The fourth-order valence-corrected chi connectivity index (χ4v) is 3.86. The number of aromatic nitrogens is 3. The van der Waals surface area contributed by atoms with Crippen LogP contribution >= 0.6 is 0 Å². The number of nitrogens with zero attached hydrogens (tertiary/aromatic N) is 4. The smallest absolute Gasteiger partial charge is 0.316 e. The summed E-state index contributed by atoms with van der Waals surface area (Å²) in [6.07, 6.45) is 3.76. The number of likely N-dealkylation sites (tertiary alicyclic amines) is 1. The molecule has 1 N–H and O–H groups in total. The van der Waals surface area contributed by atoms with Gasteiger partial charge in [-0.15, -0.1) is 10.2 Å². The van der Waals surface area contributed by atoms with Crippen molar-refractivity contribution in [1.29, 1.82) is 0 Å². The van der Waals surface area contributed by atoms with Gasteiger partial charge in [-0.05, 0) is 24.7 Å². The molecule has 1 atom stereocenters. The fraction of sp³-hybridized carbons (Fsp3) is 0.765. The third kappa shape index (κ3) is 3.03. The Kier molecular flexibility index (Phi) is 4.36. The fourth-order valence-electron chi connectivity index (χ4n) is 3.86. The predicted octanol–water partition coefficient (Wildman–Crippen LogP) is 1.68. The molecule has 1 fully saturated rings. The van der Waals surface area contributed by atoms with Gasteiger partial charge in [0.2, 0.25) is 5.91 Å². The summed E-state index contributed by atoms with van der Waals surface area (Å²) in [5, 5.41) is 18.1. The van der Waals surface area contributed by atoms with E-state index >= 15 is 0 Å². The molecule has 0 saturated carbocycles. The van der Waals surface area contributed by atoms with Gasteiger partial charge in [-0.25, -0.2) is 0 Å². The van der Waals surface area contributed by atoms with E-state index in [0.29, 0.717) is 19.0 Å². The number of carbonyl (C=O) groups excluding carboxylic acids is 1. The number of fused-ring (bicyclic) bond motifs is 1. The molecule has 132 valence electrons. The maximum absolute atomic E-state index is 12.7. The number of carbonyl (C=O) groups is 2. The van der Waals surface area contributed by atoms with E-state index < -0.39 is 17.3 Å². The minimum absolute atomic E-state index is 0.264. The van der Waals surface area contributed by atoms with E-state index in [2.05, 4.69) is 14.8 Å². The topological polar surface area (TPSA) is 88.3 Å². The monoisotopic (exact) mass is 334 g/mol. The highest BCUT2D eigenvalue weighted by Crippen LogP contribution is 2.33. The molecule has 1 aromatic rings. The Morgan fingerprint density at radius 2 is 1.83 bits per heavy atom. The molecule has 0 bridgehead atoms. The van der Waals surface area contributed by atoms with Gasteiger partial charge in [-0.2, -0.15) is 0 Å². The average molecular weight is 334 g/mol. The maximum Gasteiger partial charge on any atom is 0.316 e. The van der Waals surface area contributed by atoms with E-state index in [9.17, 15) is 14.7 Å². The van der Waals surface area contributed by atoms with Crippen molar-refractivity contribution in [3.8, 4) is 0 Å². The van der Waals surface area contributed by atoms with Crippen LogP contribution in [0.1, 0.15) is 57.6 Å². The van der Waals surface area contributed by atoms with Gasteiger partial charge in [0.25, 0.3) is 0 Å². The molecule has 0 spiro atoms. The highest BCUT2D eigenvalue weighted by molar-refractivity contribution is 5.97. The number of amides is 1. The van der Waals surface area contributed by atoms with Crippen LogP contribution in [-0.4, -0.2) is 49.7 Å². The minimum Gasteiger partial charge on any atom is -0.481 e. The first kappa shape index (κ1) is 16.9. The normalized spacial score (nSPS) is 20.0. The molecule has 1 saturated heterocycles. The molecular weight excluding hydrogens is 308 g/mol. The van der Waals surface area contributed by atoms with Crippen LogP contribution in [0.3, 0.4) is 0 Å². The Morgan fingerprint density at radius 3 is 2.42 bits per heavy atom. The van der Waals surface area contributed by atoms with E-state index in [1.807, 2.05) is 0 Å². The molecule has 24 heavy (non-hydrogen) atoms. The number of carboxylic acid groups (broad SMARTS) is 1. The van der Waals surface area contributed by atoms with Gasteiger partial charge in [-0.1, -0.05) is 20.8 Å². The van der Waals surface area contributed by atoms with Gasteiger partial charge in [-0.3, -0.25) is 9.59 Å². The third-order valence-corrected chi connectivity index (χ3v) is 5.17. The van der Waals surface area contributed by atoms with Gasteiger partial charge in [0.15, 0.2) is 0 Å². The molecule has 1 aromatic heterocycles. The summed E-state index contributed by atoms with van der Waals surface area (Å²) in [6, 6.07) is 0. The molecule has 2 aliphatic heterocycles. The second-order valence-corrected chi connectivity index (χ2v) is 7.97. The lowest BCUT2D eigenvalue weighted by Gasteiger charge is -2.36. The Bertz CT molecular complexity index is 639. The van der Waals surface area contributed by atoms with Crippen LogP contribution in [0.2, 0.25) is 0 Å². The number of hydrogen-bond acceptors (Lipinski definition) is 4. The summed E-state index contributed by atoms with van der Waals surface area (Å²) >= 11 is 0. The zero-order valence-corrected chi connectivity index (χ0v) is 14.7. The Morgan fingerprint density at radius 1 is 1.17 bits per heavy atom. The van der Waals surface area contributed by atoms with Gasteiger partial charge >= 0.3 is 5.97 Å². The van der Waals surface area contributed by atoms with Crippen LogP contribution in [0.15, 0.2) is 0 Å². The number of carboxylic acids is 1. The molecule has 7 heteroatoms. The van der Waals surface area contributed by atoms with Crippen molar-refractivity contribution in [3.05, 3.63) is 11.6 Å². The molecule has 1 unspecified atom stereocenters. The van der Waals surface area contributed by atoms with Crippen LogP contribution in [0.25, 0.3) is 0 Å². The van der Waals surface area contributed by atoms with Crippen molar-refractivity contribution < 1.29 is 14.7 Å². The lowest BCUT2D eigenvalue weighted by molar-refractivity contribution is -0.156. The summed E-state index contributed by atoms with van der Waals surface area (Å²) < 4.78 is 2.22. The molecule has 3 heterocycles. The zero-order chi connectivity index (χ0) is 17.5. The highest BCUT2D eigenvalue weighted by atomic mass is 16.4. The lowest BCUT2D eigenvalue weighted by atomic mass is 9.79. The molecule has 0 aromatic carbocycles. The van der Waals surface area contributed by atoms with Crippen LogP contribution in [0, 0.1) is 11.3 Å². The summed E-state index contributed by atoms with van der Waals surface area (Å²) in [5.41, 5.74) is -0.590. The number of rotatable bonds is 3. The maximum atomic E-state index is 12.7. The number of aliphatic carboxylic acids is 1.